The van der Waals surface area contributed by atoms with Crippen LogP contribution in [0.4, 0.5) is 32.2 Å². The lowest BCUT2D eigenvalue weighted by Crippen LogP contribution is -2.50. The molecule has 0 radical (unpaired) electrons. The van der Waals surface area contributed by atoms with Crippen LogP contribution >= 0.6 is 0 Å². The smallest absolute Gasteiger partial charge is 0.260 e. The van der Waals surface area contributed by atoms with E-state index in [1.165, 1.54) is 0 Å². The van der Waals surface area contributed by atoms with Crippen LogP contribution in [-0.4, -0.2) is 62.9 Å². The predicted molar refractivity (Wildman–Crippen MR) is 119 cm³/mol. The van der Waals surface area contributed by atoms with Gasteiger partial charge < -0.3 is 20.4 Å². The Bertz CT molecular complexity index is 1430. The van der Waals surface area contributed by atoms with E-state index < -0.39 is 86.9 Å². The van der Waals surface area contributed by atoms with Gasteiger partial charge in [-0.1, -0.05) is 0 Å². The third-order valence-electron chi connectivity index (χ3n) is 5.92. The van der Waals surface area contributed by atoms with Crippen molar-refractivity contribution in [1.82, 2.24) is 14.9 Å². The Morgan fingerprint density at radius 3 is 2.16 bits per heavy atom. The van der Waals surface area contributed by atoms with Gasteiger partial charge in [0.15, 0.2) is 28.9 Å². The number of rotatable bonds is 5. The van der Waals surface area contributed by atoms with Gasteiger partial charge in [0.1, 0.15) is 17.1 Å². The summed E-state index contributed by atoms with van der Waals surface area (Å²) in [5, 5.41) is 20.9. The number of amides is 1. The molecule has 1 fully saturated rings. The van der Waals surface area contributed by atoms with Gasteiger partial charge in [-0.25, -0.2) is 31.3 Å². The molecule has 1 aromatic carbocycles. The van der Waals surface area contributed by atoms with Gasteiger partial charge in [-0.3, -0.25) is 14.2 Å². The number of alkyl halides is 2. The van der Waals surface area contributed by atoms with Crippen LogP contribution in [0.15, 0.2) is 29.2 Å². The summed E-state index contributed by atoms with van der Waals surface area (Å²) in [7, 11) is 0. The number of anilines is 1. The molecule has 14 heteroatoms. The number of hydrogen-bond donors (Lipinski definition) is 3. The number of aliphatic hydroxyl groups is 2. The number of aromatic nitrogens is 2. The molecule has 0 bridgehead atoms. The third kappa shape index (κ3) is 4.73. The summed E-state index contributed by atoms with van der Waals surface area (Å²) in [6.45, 7) is 1.42. The van der Waals surface area contributed by atoms with E-state index >= 15 is 4.39 Å². The number of aliphatic hydroxyl groups excluding tert-OH is 2. The van der Waals surface area contributed by atoms with Crippen LogP contribution in [0.25, 0.3) is 16.7 Å². The van der Waals surface area contributed by atoms with Crippen LogP contribution in [0, 0.1) is 23.3 Å². The lowest BCUT2D eigenvalue weighted by atomic mass is 10.1. The second-order valence-corrected chi connectivity index (χ2v) is 9.14. The Labute approximate surface area is 204 Å². The number of halogens is 6. The molecule has 198 valence electrons. The zero-order chi connectivity index (χ0) is 27.4. The number of carbonyl (C=O) groups is 1. The normalized spacial score (nSPS) is 18.2. The molecule has 0 unspecified atom stereocenters. The minimum absolute atomic E-state index is 0.261. The highest BCUT2D eigenvalue weighted by molar-refractivity contribution is 5.97. The van der Waals surface area contributed by atoms with Gasteiger partial charge in [-0.15, -0.1) is 0 Å². The van der Waals surface area contributed by atoms with Crippen molar-refractivity contribution in [1.29, 1.82) is 0 Å². The zero-order valence-corrected chi connectivity index (χ0v) is 19.3. The van der Waals surface area contributed by atoms with Gasteiger partial charge >= 0.3 is 0 Å². The van der Waals surface area contributed by atoms with Gasteiger partial charge in [-0.2, -0.15) is 0 Å². The molecule has 1 amide bonds. The molecule has 1 aliphatic heterocycles. The minimum Gasteiger partial charge on any atom is -0.389 e. The second kappa shape index (κ2) is 9.34. The summed E-state index contributed by atoms with van der Waals surface area (Å²) in [5.74, 6) is -7.19. The molecule has 3 heterocycles. The minimum atomic E-state index is -3.06. The van der Waals surface area contributed by atoms with E-state index in [9.17, 15) is 41.8 Å². The SMILES string of the molecule is CC(C)(NC(=O)c1cn(-c2c(F)cc(F)cc2F)c2nc(N3C[C@@H](O)[C@H](O)C3)c(F)cc2c1=O)C(F)F. The first-order valence-corrected chi connectivity index (χ1v) is 10.8. The molecule has 8 nitrogen and oxygen atoms in total. The number of fused-ring (bicyclic) bond motifs is 1. The van der Waals surface area contributed by atoms with Crippen molar-refractivity contribution >= 4 is 22.8 Å². The molecular weight excluding hydrogens is 510 g/mol. The number of nitrogens with one attached hydrogen (secondary N) is 1. The fourth-order valence-electron chi connectivity index (χ4n) is 3.89. The average molecular weight is 530 g/mol. The Kier molecular flexibility index (Phi) is 6.67. The van der Waals surface area contributed by atoms with E-state index in [2.05, 4.69) is 4.98 Å². The van der Waals surface area contributed by atoms with E-state index in [0.717, 1.165) is 18.7 Å². The number of benzene rings is 1. The summed E-state index contributed by atoms with van der Waals surface area (Å²) < 4.78 is 85.3. The van der Waals surface area contributed by atoms with Gasteiger partial charge in [0.05, 0.1) is 23.1 Å². The summed E-state index contributed by atoms with van der Waals surface area (Å²) in [5.41, 5.74) is -5.71. The van der Waals surface area contributed by atoms with Crippen LogP contribution < -0.4 is 15.6 Å². The van der Waals surface area contributed by atoms with Gasteiger partial charge in [0, 0.05) is 31.4 Å². The topological polar surface area (TPSA) is 108 Å². The van der Waals surface area contributed by atoms with Crippen molar-refractivity contribution in [2.45, 2.75) is 38.0 Å². The highest BCUT2D eigenvalue weighted by Gasteiger charge is 2.35. The van der Waals surface area contributed by atoms with Crippen molar-refractivity contribution in [3.05, 3.63) is 63.5 Å². The van der Waals surface area contributed by atoms with Crippen molar-refractivity contribution in [3.8, 4) is 5.69 Å². The molecule has 0 spiro atoms. The first-order chi connectivity index (χ1) is 17.2. The molecule has 2 aromatic heterocycles. The molecule has 1 saturated heterocycles. The second-order valence-electron chi connectivity index (χ2n) is 9.14. The molecule has 4 rings (SSSR count). The molecule has 0 aliphatic carbocycles. The Balaban J connectivity index is 2.01. The molecule has 1 aliphatic rings. The summed E-state index contributed by atoms with van der Waals surface area (Å²) in [6.07, 6.45) is -4.94. The van der Waals surface area contributed by atoms with Crippen LogP contribution in [0.3, 0.4) is 0 Å². The lowest BCUT2D eigenvalue weighted by Gasteiger charge is -2.25. The number of carbonyl (C=O) groups excluding carboxylic acids is 1. The maximum absolute atomic E-state index is 15.0. The van der Waals surface area contributed by atoms with Crippen LogP contribution in [-0.2, 0) is 0 Å². The van der Waals surface area contributed by atoms with Crippen molar-refractivity contribution in [3.63, 3.8) is 0 Å². The largest absolute Gasteiger partial charge is 0.389 e. The molecule has 3 N–H and O–H groups in total. The Morgan fingerprint density at radius 2 is 1.62 bits per heavy atom. The van der Waals surface area contributed by atoms with Gasteiger partial charge in [0.25, 0.3) is 12.3 Å². The fourth-order valence-corrected chi connectivity index (χ4v) is 3.89. The van der Waals surface area contributed by atoms with E-state index in [0.29, 0.717) is 29.0 Å². The van der Waals surface area contributed by atoms with E-state index in [-0.39, 0.29) is 13.1 Å². The monoisotopic (exact) mass is 530 g/mol. The van der Waals surface area contributed by atoms with Crippen molar-refractivity contribution in [2.75, 3.05) is 18.0 Å². The van der Waals surface area contributed by atoms with Crippen molar-refractivity contribution in [2.24, 2.45) is 0 Å². The maximum Gasteiger partial charge on any atom is 0.260 e. The number of nitrogens with zero attached hydrogens (tertiary/aromatic N) is 3. The Hall–Kier alpha value is -3.65. The third-order valence-corrected chi connectivity index (χ3v) is 5.92. The highest BCUT2D eigenvalue weighted by atomic mass is 19.3. The van der Waals surface area contributed by atoms with Crippen LogP contribution in [0.1, 0.15) is 24.2 Å². The molecule has 37 heavy (non-hydrogen) atoms. The quantitative estimate of drug-likeness (QED) is 0.437. The molecular formula is C23H20F6N4O4. The maximum atomic E-state index is 15.0. The summed E-state index contributed by atoms with van der Waals surface area (Å²) in [4.78, 5) is 31.0. The molecule has 3 aromatic rings. The van der Waals surface area contributed by atoms with E-state index in [1.54, 1.807) is 0 Å². The van der Waals surface area contributed by atoms with Crippen molar-refractivity contribution < 1.29 is 41.4 Å². The van der Waals surface area contributed by atoms with E-state index in [4.69, 9.17) is 0 Å². The standard InChI is InChI=1S/C23H20F6N4O4/c1-23(2,22(28)29)31-21(37)11-6-33(17-12(25)3-9(24)4-13(17)26)19-10(18(11)36)5-14(27)20(30-19)32-7-15(34)16(35)8-32/h3-6,15-16,22,34-35H,7-8H2,1-2H3,(H,31,37)/t15-,16-/m1/s1. The first-order valence-electron chi connectivity index (χ1n) is 10.8. The molecule has 2 atom stereocenters. The highest BCUT2D eigenvalue weighted by Crippen LogP contribution is 2.28. The number of pyridine rings is 2. The fraction of sp³-hybridized carbons (Fsp3) is 0.348. The number of β-amino-alcohol motifs (C(OH)–C–C–N with tert-alkyl or cyclic N) is 2. The van der Waals surface area contributed by atoms with Gasteiger partial charge in [-0.05, 0) is 19.9 Å². The molecule has 0 saturated carbocycles. The average Bonchev–Trinajstić information content (AvgIpc) is 3.11. The summed E-state index contributed by atoms with van der Waals surface area (Å²) in [6, 6.07) is 1.27. The van der Waals surface area contributed by atoms with Crippen LogP contribution in [0.2, 0.25) is 0 Å². The summed E-state index contributed by atoms with van der Waals surface area (Å²) >= 11 is 0. The van der Waals surface area contributed by atoms with Crippen LogP contribution in [0.5, 0.6) is 0 Å². The lowest BCUT2D eigenvalue weighted by molar-refractivity contribution is 0.0447. The first kappa shape index (κ1) is 26.4. The number of hydrogen-bond acceptors (Lipinski definition) is 6. The predicted octanol–water partition coefficient (Wildman–Crippen LogP) is 2.26. The Morgan fingerprint density at radius 1 is 1.05 bits per heavy atom. The zero-order valence-electron chi connectivity index (χ0n) is 19.3. The van der Waals surface area contributed by atoms with Gasteiger partial charge in [0.2, 0.25) is 5.43 Å². The van der Waals surface area contributed by atoms with E-state index in [1.807, 2.05) is 5.32 Å².